The summed E-state index contributed by atoms with van der Waals surface area (Å²) in [4.78, 5) is 4.38. The van der Waals surface area contributed by atoms with Gasteiger partial charge in [-0.1, -0.05) is 12.1 Å². The van der Waals surface area contributed by atoms with E-state index in [0.29, 0.717) is 0 Å². The summed E-state index contributed by atoms with van der Waals surface area (Å²) in [6.45, 7) is 4.40. The zero-order valence-corrected chi connectivity index (χ0v) is 9.74. The van der Waals surface area contributed by atoms with E-state index in [1.54, 1.807) is 0 Å². The van der Waals surface area contributed by atoms with Crippen molar-refractivity contribution in [2.45, 2.75) is 19.8 Å². The number of hydrogen-bond donors (Lipinski definition) is 1. The van der Waals surface area contributed by atoms with Gasteiger partial charge in [-0.3, -0.25) is 4.98 Å². The van der Waals surface area contributed by atoms with Crippen molar-refractivity contribution in [3.63, 3.8) is 0 Å². The summed E-state index contributed by atoms with van der Waals surface area (Å²) >= 11 is 0. The summed E-state index contributed by atoms with van der Waals surface area (Å²) in [5.41, 5.74) is 3.92. The van der Waals surface area contributed by atoms with Gasteiger partial charge in [-0.15, -0.1) is 0 Å². The largest absolute Gasteiger partial charge is 0.316 e. The van der Waals surface area contributed by atoms with E-state index in [1.807, 2.05) is 13.1 Å². The number of nitrogens with zero attached hydrogens (tertiary/aromatic N) is 1. The number of piperidine rings is 1. The van der Waals surface area contributed by atoms with Gasteiger partial charge in [-0.2, -0.15) is 0 Å². The number of aryl methyl sites for hydroxylation is 1. The van der Waals surface area contributed by atoms with Gasteiger partial charge in [0.1, 0.15) is 0 Å². The Balaban J connectivity index is 1.83. The van der Waals surface area contributed by atoms with Crippen LogP contribution in [0.4, 0.5) is 0 Å². The van der Waals surface area contributed by atoms with E-state index in [0.717, 1.165) is 17.5 Å². The quantitative estimate of drug-likeness (QED) is 0.776. The van der Waals surface area contributed by atoms with Gasteiger partial charge >= 0.3 is 0 Å². The molecule has 1 aromatic heterocycles. The highest BCUT2D eigenvalue weighted by atomic mass is 14.9. The van der Waals surface area contributed by atoms with Crippen LogP contribution in [-0.2, 0) is 0 Å². The van der Waals surface area contributed by atoms with Crippen LogP contribution in [0.2, 0.25) is 0 Å². The molecular formula is C14H18N2. The Hall–Kier alpha value is -1.15. The zero-order valence-electron chi connectivity index (χ0n) is 9.74. The SMILES string of the molecule is Cc1ccc(C2=C[C@@H]3CCNC[C@@H]3C2)cn1. The van der Waals surface area contributed by atoms with Crippen molar-refractivity contribution in [1.29, 1.82) is 0 Å². The van der Waals surface area contributed by atoms with Crippen LogP contribution in [0.25, 0.3) is 5.57 Å². The fourth-order valence-corrected chi connectivity index (χ4v) is 2.87. The first-order valence-corrected chi connectivity index (χ1v) is 6.17. The van der Waals surface area contributed by atoms with Gasteiger partial charge in [0.2, 0.25) is 0 Å². The van der Waals surface area contributed by atoms with Gasteiger partial charge < -0.3 is 5.32 Å². The third kappa shape index (κ3) is 1.78. The lowest BCUT2D eigenvalue weighted by molar-refractivity contribution is 0.324. The molecule has 0 radical (unpaired) electrons. The molecule has 2 heterocycles. The van der Waals surface area contributed by atoms with E-state index in [-0.39, 0.29) is 0 Å². The van der Waals surface area contributed by atoms with Crippen LogP contribution in [0.3, 0.4) is 0 Å². The van der Waals surface area contributed by atoms with E-state index >= 15 is 0 Å². The second-order valence-corrected chi connectivity index (χ2v) is 5.00. The van der Waals surface area contributed by atoms with Crippen LogP contribution in [0.5, 0.6) is 0 Å². The Morgan fingerprint density at radius 3 is 3.06 bits per heavy atom. The minimum Gasteiger partial charge on any atom is -0.316 e. The molecule has 0 spiro atoms. The van der Waals surface area contributed by atoms with Gasteiger partial charge in [-0.05, 0) is 61.9 Å². The molecule has 2 heteroatoms. The molecule has 1 aliphatic heterocycles. The van der Waals surface area contributed by atoms with Crippen LogP contribution in [0.15, 0.2) is 24.4 Å². The summed E-state index contributed by atoms with van der Waals surface area (Å²) in [6.07, 6.45) is 7.03. The molecule has 16 heavy (non-hydrogen) atoms. The lowest BCUT2D eigenvalue weighted by atomic mass is 9.89. The third-order valence-electron chi connectivity index (χ3n) is 3.85. The molecule has 0 saturated carbocycles. The normalized spacial score (nSPS) is 28.7. The molecule has 3 rings (SSSR count). The van der Waals surface area contributed by atoms with Crippen LogP contribution in [-0.4, -0.2) is 18.1 Å². The first-order chi connectivity index (χ1) is 7.83. The molecule has 1 aromatic rings. The Bertz CT molecular complexity index is 405. The third-order valence-corrected chi connectivity index (χ3v) is 3.85. The standard InChI is InChI=1S/C14H18N2/c1-10-2-3-12(9-16-10)13-6-11-4-5-15-8-14(11)7-13/h2-3,6,9,11,14-15H,4-5,7-8H2,1H3/t11-,14-/m0/s1. The van der Waals surface area contributed by atoms with E-state index < -0.39 is 0 Å². The Morgan fingerprint density at radius 1 is 1.38 bits per heavy atom. The lowest BCUT2D eigenvalue weighted by Crippen LogP contribution is -2.33. The Morgan fingerprint density at radius 2 is 2.31 bits per heavy atom. The van der Waals surface area contributed by atoms with Crippen LogP contribution >= 0.6 is 0 Å². The fourth-order valence-electron chi connectivity index (χ4n) is 2.87. The minimum atomic E-state index is 0.803. The van der Waals surface area contributed by atoms with Crippen molar-refractivity contribution < 1.29 is 0 Å². The number of fused-ring (bicyclic) bond motifs is 1. The first-order valence-electron chi connectivity index (χ1n) is 6.17. The van der Waals surface area contributed by atoms with Crippen molar-refractivity contribution in [3.05, 3.63) is 35.7 Å². The number of pyridine rings is 1. The lowest BCUT2D eigenvalue weighted by Gasteiger charge is -2.25. The van der Waals surface area contributed by atoms with Crippen LogP contribution in [0.1, 0.15) is 24.1 Å². The summed E-state index contributed by atoms with van der Waals surface area (Å²) in [5.74, 6) is 1.63. The minimum absolute atomic E-state index is 0.803. The molecule has 1 fully saturated rings. The average Bonchev–Trinajstić information content (AvgIpc) is 2.73. The summed E-state index contributed by atoms with van der Waals surface area (Å²) in [7, 11) is 0. The molecule has 2 aliphatic rings. The number of rotatable bonds is 1. The van der Waals surface area contributed by atoms with Crippen molar-refractivity contribution in [2.24, 2.45) is 11.8 Å². The molecule has 0 amide bonds. The van der Waals surface area contributed by atoms with Gasteiger partial charge in [-0.25, -0.2) is 0 Å². The van der Waals surface area contributed by atoms with Gasteiger partial charge in [0, 0.05) is 11.9 Å². The predicted molar refractivity (Wildman–Crippen MR) is 66.0 cm³/mol. The van der Waals surface area contributed by atoms with Crippen molar-refractivity contribution >= 4 is 5.57 Å². The first kappa shape index (κ1) is 10.0. The molecule has 1 N–H and O–H groups in total. The average molecular weight is 214 g/mol. The van der Waals surface area contributed by atoms with Gasteiger partial charge in [0.05, 0.1) is 0 Å². The van der Waals surface area contributed by atoms with Crippen molar-refractivity contribution in [2.75, 3.05) is 13.1 Å². The highest BCUT2D eigenvalue weighted by Crippen LogP contribution is 2.38. The molecule has 2 atom stereocenters. The second kappa shape index (κ2) is 4.02. The maximum atomic E-state index is 4.38. The highest BCUT2D eigenvalue weighted by Gasteiger charge is 2.29. The second-order valence-electron chi connectivity index (χ2n) is 5.00. The highest BCUT2D eigenvalue weighted by molar-refractivity contribution is 5.67. The Labute approximate surface area is 96.8 Å². The molecule has 1 saturated heterocycles. The molecule has 0 aromatic carbocycles. The molecule has 2 nitrogen and oxygen atoms in total. The van der Waals surface area contributed by atoms with E-state index in [9.17, 15) is 0 Å². The number of allylic oxidation sites excluding steroid dienone is 2. The monoisotopic (exact) mass is 214 g/mol. The molecule has 0 bridgehead atoms. The molecular weight excluding hydrogens is 196 g/mol. The van der Waals surface area contributed by atoms with Crippen molar-refractivity contribution in [3.8, 4) is 0 Å². The number of hydrogen-bond acceptors (Lipinski definition) is 2. The maximum Gasteiger partial charge on any atom is 0.0373 e. The molecule has 1 aliphatic carbocycles. The van der Waals surface area contributed by atoms with Crippen molar-refractivity contribution in [1.82, 2.24) is 10.3 Å². The number of aromatic nitrogens is 1. The van der Waals surface area contributed by atoms with Crippen LogP contribution < -0.4 is 5.32 Å². The summed E-state index contributed by atoms with van der Waals surface area (Å²) < 4.78 is 0. The summed E-state index contributed by atoms with van der Waals surface area (Å²) in [5, 5.41) is 3.49. The van der Waals surface area contributed by atoms with Crippen LogP contribution in [0, 0.1) is 18.8 Å². The smallest absolute Gasteiger partial charge is 0.0373 e. The van der Waals surface area contributed by atoms with E-state index in [2.05, 4.69) is 28.5 Å². The van der Waals surface area contributed by atoms with Gasteiger partial charge in [0.15, 0.2) is 0 Å². The van der Waals surface area contributed by atoms with E-state index in [4.69, 9.17) is 0 Å². The maximum absolute atomic E-state index is 4.38. The zero-order chi connectivity index (χ0) is 11.0. The Kier molecular flexibility index (Phi) is 2.52. The van der Waals surface area contributed by atoms with E-state index in [1.165, 1.54) is 37.1 Å². The molecule has 0 unspecified atom stereocenters. The predicted octanol–water partition coefficient (Wildman–Crippen LogP) is 2.40. The molecule has 84 valence electrons. The fraction of sp³-hybridized carbons (Fsp3) is 0.500. The topological polar surface area (TPSA) is 24.9 Å². The number of nitrogens with one attached hydrogen (secondary N) is 1. The van der Waals surface area contributed by atoms with Gasteiger partial charge in [0.25, 0.3) is 0 Å². The summed E-state index contributed by atoms with van der Waals surface area (Å²) in [6, 6.07) is 4.31.